The zero-order valence-corrected chi connectivity index (χ0v) is 17.3. The number of halogens is 1. The summed E-state index contributed by atoms with van der Waals surface area (Å²) in [5.41, 5.74) is 4.13. The first-order valence-corrected chi connectivity index (χ1v) is 10.0. The molecule has 0 fully saturated rings. The number of hydrogen-bond acceptors (Lipinski definition) is 3. The van der Waals surface area contributed by atoms with Crippen LogP contribution >= 0.6 is 11.6 Å². The van der Waals surface area contributed by atoms with E-state index in [9.17, 15) is 9.59 Å². The fourth-order valence-electron chi connectivity index (χ4n) is 3.52. The Bertz CT molecular complexity index is 1080. The van der Waals surface area contributed by atoms with Crippen LogP contribution in [0.1, 0.15) is 31.8 Å². The van der Waals surface area contributed by atoms with E-state index in [0.29, 0.717) is 35.0 Å². The first kappa shape index (κ1) is 20.0. The highest BCUT2D eigenvalue weighted by Crippen LogP contribution is 2.30. The summed E-state index contributed by atoms with van der Waals surface area (Å²) in [7, 11) is 1.60. The van der Waals surface area contributed by atoms with Crippen molar-refractivity contribution in [1.82, 2.24) is 5.32 Å². The number of nitrogens with one attached hydrogen (secondary N) is 1. The van der Waals surface area contributed by atoms with Crippen LogP contribution in [-0.4, -0.2) is 25.5 Å². The molecular weight excluding hydrogens is 400 g/mol. The SMILES string of the molecule is COc1ccc(C(=O)N2CCc3ccc(CNC(=O)c4ccc(Cl)cc4)cc32)cc1. The quantitative estimate of drug-likeness (QED) is 0.662. The molecule has 2 amide bonds. The third-order valence-electron chi connectivity index (χ3n) is 5.19. The van der Waals surface area contributed by atoms with Gasteiger partial charge in [-0.3, -0.25) is 9.59 Å². The molecule has 0 unspecified atom stereocenters. The average Bonchev–Trinajstić information content (AvgIpc) is 3.20. The first-order valence-electron chi connectivity index (χ1n) is 9.66. The van der Waals surface area contributed by atoms with Gasteiger partial charge in [0.1, 0.15) is 5.75 Å². The Balaban J connectivity index is 1.47. The minimum Gasteiger partial charge on any atom is -0.497 e. The van der Waals surface area contributed by atoms with Crippen LogP contribution in [0.2, 0.25) is 5.02 Å². The molecule has 0 saturated heterocycles. The molecule has 5 nitrogen and oxygen atoms in total. The summed E-state index contributed by atoms with van der Waals surface area (Å²) in [6.45, 7) is 1.01. The molecule has 0 atom stereocenters. The van der Waals surface area contributed by atoms with E-state index < -0.39 is 0 Å². The molecule has 1 aliphatic rings. The molecule has 0 aliphatic carbocycles. The lowest BCUT2D eigenvalue weighted by molar-refractivity contribution is 0.0949. The van der Waals surface area contributed by atoms with Gasteiger partial charge in [-0.2, -0.15) is 0 Å². The van der Waals surface area contributed by atoms with Crippen molar-refractivity contribution in [1.29, 1.82) is 0 Å². The third kappa shape index (κ3) is 4.16. The molecule has 0 radical (unpaired) electrons. The van der Waals surface area contributed by atoms with Gasteiger partial charge in [-0.1, -0.05) is 23.7 Å². The maximum absolute atomic E-state index is 13.0. The number of carbonyl (C=O) groups excluding carboxylic acids is 2. The summed E-state index contributed by atoms with van der Waals surface area (Å²) in [4.78, 5) is 27.1. The van der Waals surface area contributed by atoms with E-state index in [1.165, 1.54) is 0 Å². The van der Waals surface area contributed by atoms with Crippen molar-refractivity contribution in [2.45, 2.75) is 13.0 Å². The second-order valence-electron chi connectivity index (χ2n) is 7.09. The summed E-state index contributed by atoms with van der Waals surface area (Å²) in [6, 6.07) is 19.9. The van der Waals surface area contributed by atoms with Gasteiger partial charge in [0.05, 0.1) is 7.11 Å². The summed E-state index contributed by atoms with van der Waals surface area (Å²) < 4.78 is 5.16. The maximum Gasteiger partial charge on any atom is 0.258 e. The van der Waals surface area contributed by atoms with E-state index in [2.05, 4.69) is 5.32 Å². The molecule has 1 N–H and O–H groups in total. The molecule has 1 aliphatic heterocycles. The molecule has 6 heteroatoms. The minimum absolute atomic E-state index is 0.0428. The summed E-state index contributed by atoms with van der Waals surface area (Å²) >= 11 is 5.87. The first-order chi connectivity index (χ1) is 14.5. The van der Waals surface area contributed by atoms with E-state index in [1.54, 1.807) is 60.5 Å². The van der Waals surface area contributed by atoms with Crippen LogP contribution < -0.4 is 15.0 Å². The zero-order valence-electron chi connectivity index (χ0n) is 16.5. The lowest BCUT2D eigenvalue weighted by Gasteiger charge is -2.18. The zero-order chi connectivity index (χ0) is 21.1. The number of fused-ring (bicyclic) bond motifs is 1. The summed E-state index contributed by atoms with van der Waals surface area (Å²) in [6.07, 6.45) is 0.814. The monoisotopic (exact) mass is 420 g/mol. The van der Waals surface area contributed by atoms with Crippen LogP contribution in [0.4, 0.5) is 5.69 Å². The molecular formula is C24H21ClN2O3. The average molecular weight is 421 g/mol. The molecule has 0 saturated carbocycles. The van der Waals surface area contributed by atoms with Crippen LogP contribution in [0.5, 0.6) is 5.75 Å². The van der Waals surface area contributed by atoms with Crippen molar-refractivity contribution in [3.63, 3.8) is 0 Å². The number of ether oxygens (including phenoxy) is 1. The van der Waals surface area contributed by atoms with Gasteiger partial charge in [-0.15, -0.1) is 0 Å². The standard InChI is InChI=1S/C24H21ClN2O3/c1-30-21-10-6-19(7-11-21)24(29)27-13-12-17-3-2-16(14-22(17)27)15-26-23(28)18-4-8-20(25)9-5-18/h2-11,14H,12-13,15H2,1H3,(H,26,28). The van der Waals surface area contributed by atoms with Crippen molar-refractivity contribution < 1.29 is 14.3 Å². The Morgan fingerprint density at radius 1 is 1.00 bits per heavy atom. The van der Waals surface area contributed by atoms with E-state index in [1.807, 2.05) is 18.2 Å². The number of hydrogen-bond donors (Lipinski definition) is 1. The predicted octanol–water partition coefficient (Wildman–Crippen LogP) is 4.48. The van der Waals surface area contributed by atoms with Crippen molar-refractivity contribution in [3.8, 4) is 5.75 Å². The van der Waals surface area contributed by atoms with Crippen molar-refractivity contribution in [2.24, 2.45) is 0 Å². The predicted molar refractivity (Wildman–Crippen MR) is 117 cm³/mol. The highest BCUT2D eigenvalue weighted by Gasteiger charge is 2.26. The van der Waals surface area contributed by atoms with E-state index in [-0.39, 0.29) is 11.8 Å². The molecule has 3 aromatic carbocycles. The number of anilines is 1. The van der Waals surface area contributed by atoms with Gasteiger partial charge in [0, 0.05) is 34.9 Å². The molecule has 0 bridgehead atoms. The van der Waals surface area contributed by atoms with Crippen LogP contribution in [0, 0.1) is 0 Å². The Labute approximate surface area is 180 Å². The number of rotatable bonds is 5. The lowest BCUT2D eigenvalue weighted by atomic mass is 10.1. The molecule has 30 heavy (non-hydrogen) atoms. The number of benzene rings is 3. The Kier molecular flexibility index (Phi) is 5.72. The number of amides is 2. The fraction of sp³-hybridized carbons (Fsp3) is 0.167. The minimum atomic E-state index is -0.168. The van der Waals surface area contributed by atoms with Crippen LogP contribution in [0.25, 0.3) is 0 Å². The van der Waals surface area contributed by atoms with E-state index in [4.69, 9.17) is 16.3 Å². The van der Waals surface area contributed by atoms with Crippen LogP contribution in [0.3, 0.4) is 0 Å². The van der Waals surface area contributed by atoms with Gasteiger partial charge in [-0.25, -0.2) is 0 Å². The summed E-state index contributed by atoms with van der Waals surface area (Å²) in [5, 5.41) is 3.50. The molecule has 0 spiro atoms. The van der Waals surface area contributed by atoms with E-state index >= 15 is 0 Å². The van der Waals surface area contributed by atoms with Crippen molar-refractivity contribution in [2.75, 3.05) is 18.6 Å². The number of carbonyl (C=O) groups is 2. The van der Waals surface area contributed by atoms with Gasteiger partial charge in [0.2, 0.25) is 0 Å². The van der Waals surface area contributed by atoms with Gasteiger partial charge < -0.3 is 15.0 Å². The van der Waals surface area contributed by atoms with Crippen molar-refractivity contribution in [3.05, 3.63) is 94.0 Å². The fourth-order valence-corrected chi connectivity index (χ4v) is 3.65. The third-order valence-corrected chi connectivity index (χ3v) is 5.44. The molecule has 152 valence electrons. The maximum atomic E-state index is 13.0. The number of nitrogens with zero attached hydrogens (tertiary/aromatic N) is 1. The van der Waals surface area contributed by atoms with Gasteiger partial charge in [0.15, 0.2) is 0 Å². The van der Waals surface area contributed by atoms with Crippen LogP contribution in [-0.2, 0) is 13.0 Å². The second-order valence-corrected chi connectivity index (χ2v) is 7.52. The van der Waals surface area contributed by atoms with Crippen molar-refractivity contribution >= 4 is 29.1 Å². The van der Waals surface area contributed by atoms with Gasteiger partial charge >= 0.3 is 0 Å². The highest BCUT2D eigenvalue weighted by molar-refractivity contribution is 6.30. The molecule has 1 heterocycles. The Morgan fingerprint density at radius 2 is 1.70 bits per heavy atom. The topological polar surface area (TPSA) is 58.6 Å². The van der Waals surface area contributed by atoms with Gasteiger partial charge in [0.25, 0.3) is 11.8 Å². The smallest absolute Gasteiger partial charge is 0.258 e. The lowest BCUT2D eigenvalue weighted by Crippen LogP contribution is -2.29. The van der Waals surface area contributed by atoms with Gasteiger partial charge in [-0.05, 0) is 72.1 Å². The Hall–Kier alpha value is -3.31. The van der Waals surface area contributed by atoms with Crippen LogP contribution in [0.15, 0.2) is 66.7 Å². The normalized spacial score (nSPS) is 12.4. The molecule has 0 aromatic heterocycles. The number of methoxy groups -OCH3 is 1. The molecule has 3 aromatic rings. The molecule has 4 rings (SSSR count). The highest BCUT2D eigenvalue weighted by atomic mass is 35.5. The largest absolute Gasteiger partial charge is 0.497 e. The van der Waals surface area contributed by atoms with E-state index in [0.717, 1.165) is 23.2 Å². The summed E-state index contributed by atoms with van der Waals surface area (Å²) in [5.74, 6) is 0.504. The second kappa shape index (κ2) is 8.59. The Morgan fingerprint density at radius 3 is 2.40 bits per heavy atom.